The van der Waals surface area contributed by atoms with Crippen molar-refractivity contribution in [2.24, 2.45) is 0 Å². The summed E-state index contributed by atoms with van der Waals surface area (Å²) in [7, 11) is 1.32. The van der Waals surface area contributed by atoms with Gasteiger partial charge in [0.1, 0.15) is 5.00 Å². The van der Waals surface area contributed by atoms with Gasteiger partial charge >= 0.3 is 5.97 Å². The minimum atomic E-state index is -1.01. The lowest BCUT2D eigenvalue weighted by atomic mass is 10.1. The number of esters is 1. The molecule has 1 N–H and O–H groups in total. The Labute approximate surface area is 164 Å². The Kier molecular flexibility index (Phi) is 4.27. The molecule has 1 saturated heterocycles. The van der Waals surface area contributed by atoms with Gasteiger partial charge in [0.15, 0.2) is 4.87 Å². The van der Waals surface area contributed by atoms with E-state index in [2.05, 4.69) is 5.32 Å². The van der Waals surface area contributed by atoms with Gasteiger partial charge < -0.3 is 10.1 Å². The van der Waals surface area contributed by atoms with Crippen LogP contribution in [0.3, 0.4) is 0 Å². The zero-order valence-electron chi connectivity index (χ0n) is 15.1. The maximum atomic E-state index is 13.3. The number of para-hydroxylation sites is 1. The molecular weight excluding hydrogens is 384 g/mol. The molecule has 6 nitrogen and oxygen atoms in total. The first-order chi connectivity index (χ1) is 12.9. The number of anilines is 2. The molecular formula is C19H18N2O4S2. The minimum Gasteiger partial charge on any atom is -0.465 e. The second kappa shape index (κ2) is 6.38. The number of carbonyl (C=O) groups is 3. The summed E-state index contributed by atoms with van der Waals surface area (Å²) >= 11 is 2.74. The summed E-state index contributed by atoms with van der Waals surface area (Å²) in [6.07, 6.45) is 0.745. The standard InChI is InChI=1S/C19H18N2O4S2/c1-10-11(2)26-16(15(10)17(23)25-3)20-18(24)19-9-8-14(22)21(19)12-6-4-5-7-13(12)27-19/h4-7H,8-9H2,1-3H3,(H,20,24). The maximum absolute atomic E-state index is 13.3. The van der Waals surface area contributed by atoms with Crippen LogP contribution in [0.4, 0.5) is 10.7 Å². The lowest BCUT2D eigenvalue weighted by Gasteiger charge is -2.29. The third-order valence-corrected chi connectivity index (χ3v) is 7.63. The van der Waals surface area contributed by atoms with E-state index < -0.39 is 10.8 Å². The van der Waals surface area contributed by atoms with E-state index in [1.54, 1.807) is 4.90 Å². The number of hydrogen-bond acceptors (Lipinski definition) is 6. The molecule has 27 heavy (non-hydrogen) atoms. The molecule has 2 aliphatic rings. The normalized spacial score (nSPS) is 20.4. The molecule has 1 atom stereocenters. The molecule has 0 aliphatic carbocycles. The number of amides is 2. The van der Waals surface area contributed by atoms with E-state index in [0.717, 1.165) is 21.0 Å². The van der Waals surface area contributed by atoms with E-state index in [0.29, 0.717) is 23.4 Å². The number of fused-ring (bicyclic) bond motifs is 3. The highest BCUT2D eigenvalue weighted by Crippen LogP contribution is 2.56. The van der Waals surface area contributed by atoms with Gasteiger partial charge in [-0.25, -0.2) is 4.79 Å². The largest absolute Gasteiger partial charge is 0.465 e. The molecule has 1 unspecified atom stereocenters. The van der Waals surface area contributed by atoms with Crippen molar-refractivity contribution < 1.29 is 19.1 Å². The van der Waals surface area contributed by atoms with E-state index in [9.17, 15) is 14.4 Å². The molecule has 2 amide bonds. The van der Waals surface area contributed by atoms with Gasteiger partial charge in [0.05, 0.1) is 18.4 Å². The molecule has 140 valence electrons. The average Bonchev–Trinajstić information content (AvgIpc) is 3.25. The second-order valence-corrected chi connectivity index (χ2v) is 9.06. The molecule has 0 bridgehead atoms. The Morgan fingerprint density at radius 3 is 2.74 bits per heavy atom. The SMILES string of the molecule is COC(=O)c1c(NC(=O)C23CCC(=O)N2c2ccccc2S3)sc(C)c1C. The smallest absolute Gasteiger partial charge is 0.341 e. The van der Waals surface area contributed by atoms with Gasteiger partial charge in [0, 0.05) is 16.2 Å². The second-order valence-electron chi connectivity index (χ2n) is 6.52. The first-order valence-corrected chi connectivity index (χ1v) is 10.1. The van der Waals surface area contributed by atoms with Crippen molar-refractivity contribution in [2.75, 3.05) is 17.3 Å². The van der Waals surface area contributed by atoms with Crippen LogP contribution in [0.15, 0.2) is 29.2 Å². The predicted molar refractivity (Wildman–Crippen MR) is 106 cm³/mol. The predicted octanol–water partition coefficient (Wildman–Crippen LogP) is 3.72. The first-order valence-electron chi connectivity index (χ1n) is 8.50. The topological polar surface area (TPSA) is 75.7 Å². The molecule has 8 heteroatoms. The molecule has 4 rings (SSSR count). The molecule has 3 heterocycles. The highest BCUT2D eigenvalue weighted by Gasteiger charge is 2.57. The van der Waals surface area contributed by atoms with Crippen LogP contribution < -0.4 is 10.2 Å². The number of nitrogens with zero attached hydrogens (tertiary/aromatic N) is 1. The van der Waals surface area contributed by atoms with Gasteiger partial charge in [-0.1, -0.05) is 23.9 Å². The summed E-state index contributed by atoms with van der Waals surface area (Å²) in [5, 5.41) is 3.38. The lowest BCUT2D eigenvalue weighted by Crippen LogP contribution is -2.49. The van der Waals surface area contributed by atoms with Gasteiger partial charge in [-0.3, -0.25) is 14.5 Å². The Bertz CT molecular complexity index is 984. The van der Waals surface area contributed by atoms with Crippen molar-refractivity contribution in [2.45, 2.75) is 36.5 Å². The zero-order valence-corrected chi connectivity index (χ0v) is 16.8. The van der Waals surface area contributed by atoms with Crippen LogP contribution in [0.2, 0.25) is 0 Å². The molecule has 1 aromatic carbocycles. The van der Waals surface area contributed by atoms with Gasteiger partial charge in [-0.05, 0) is 38.0 Å². The van der Waals surface area contributed by atoms with E-state index >= 15 is 0 Å². The lowest BCUT2D eigenvalue weighted by molar-refractivity contribution is -0.121. The maximum Gasteiger partial charge on any atom is 0.341 e. The monoisotopic (exact) mass is 402 g/mol. The summed E-state index contributed by atoms with van der Waals surface area (Å²) in [5.41, 5.74) is 1.94. The van der Waals surface area contributed by atoms with Crippen LogP contribution in [0.1, 0.15) is 33.6 Å². The number of ether oxygens (including phenoxy) is 1. The summed E-state index contributed by atoms with van der Waals surface area (Å²) in [5.74, 6) is -0.832. The van der Waals surface area contributed by atoms with Crippen LogP contribution in [0.25, 0.3) is 0 Å². The van der Waals surface area contributed by atoms with E-state index in [-0.39, 0.29) is 11.8 Å². The number of methoxy groups -OCH3 is 1. The number of benzene rings is 1. The zero-order chi connectivity index (χ0) is 19.3. The third-order valence-electron chi connectivity index (χ3n) is 5.03. The molecule has 0 spiro atoms. The molecule has 2 aliphatic heterocycles. The number of thioether (sulfide) groups is 1. The average molecular weight is 402 g/mol. The van der Waals surface area contributed by atoms with E-state index in [4.69, 9.17) is 4.74 Å². The van der Waals surface area contributed by atoms with Crippen molar-refractivity contribution in [3.63, 3.8) is 0 Å². The van der Waals surface area contributed by atoms with Gasteiger partial charge in [0.25, 0.3) is 5.91 Å². The van der Waals surface area contributed by atoms with Crippen molar-refractivity contribution in [1.82, 2.24) is 0 Å². The van der Waals surface area contributed by atoms with E-state index in [1.165, 1.54) is 30.2 Å². The number of hydrogen-bond donors (Lipinski definition) is 1. The third kappa shape index (κ3) is 2.58. The Morgan fingerprint density at radius 2 is 2.00 bits per heavy atom. The fraction of sp³-hybridized carbons (Fsp3) is 0.316. The number of rotatable bonds is 3. The summed E-state index contributed by atoms with van der Waals surface area (Å²) in [6.45, 7) is 3.73. The quantitative estimate of drug-likeness (QED) is 0.792. The molecule has 1 aromatic heterocycles. The van der Waals surface area contributed by atoms with Gasteiger partial charge in [0.2, 0.25) is 5.91 Å². The Balaban J connectivity index is 1.72. The molecule has 0 radical (unpaired) electrons. The van der Waals surface area contributed by atoms with Crippen molar-refractivity contribution in [3.05, 3.63) is 40.3 Å². The van der Waals surface area contributed by atoms with Crippen molar-refractivity contribution in [3.8, 4) is 0 Å². The van der Waals surface area contributed by atoms with Crippen LogP contribution in [-0.4, -0.2) is 29.8 Å². The van der Waals surface area contributed by atoms with Crippen LogP contribution in [-0.2, 0) is 14.3 Å². The summed E-state index contributed by atoms with van der Waals surface area (Å²) in [6, 6.07) is 7.53. The van der Waals surface area contributed by atoms with Crippen molar-refractivity contribution >= 4 is 51.6 Å². The Morgan fingerprint density at radius 1 is 1.26 bits per heavy atom. The van der Waals surface area contributed by atoms with Gasteiger partial charge in [-0.15, -0.1) is 11.3 Å². The van der Waals surface area contributed by atoms with Crippen LogP contribution in [0.5, 0.6) is 0 Å². The first kappa shape index (κ1) is 18.1. The molecule has 2 aromatic rings. The summed E-state index contributed by atoms with van der Waals surface area (Å²) < 4.78 is 4.88. The highest BCUT2D eigenvalue weighted by molar-refractivity contribution is 8.02. The minimum absolute atomic E-state index is 0.0608. The fourth-order valence-electron chi connectivity index (χ4n) is 3.56. The highest BCUT2D eigenvalue weighted by atomic mass is 32.2. The van der Waals surface area contributed by atoms with E-state index in [1.807, 2.05) is 38.1 Å². The van der Waals surface area contributed by atoms with Crippen molar-refractivity contribution in [1.29, 1.82) is 0 Å². The molecule has 0 saturated carbocycles. The summed E-state index contributed by atoms with van der Waals surface area (Å²) in [4.78, 5) is 40.5. The Hall–Kier alpha value is -2.32. The number of aryl methyl sites for hydroxylation is 1. The fourth-order valence-corrected chi connectivity index (χ4v) is 6.02. The van der Waals surface area contributed by atoms with Crippen LogP contribution in [0, 0.1) is 13.8 Å². The number of nitrogens with one attached hydrogen (secondary N) is 1. The number of thiophene rings is 1. The molecule has 1 fully saturated rings. The van der Waals surface area contributed by atoms with Crippen LogP contribution >= 0.6 is 23.1 Å². The van der Waals surface area contributed by atoms with Gasteiger partial charge in [-0.2, -0.15) is 0 Å². The number of carbonyl (C=O) groups excluding carboxylic acids is 3.